The second-order valence-corrected chi connectivity index (χ2v) is 4.88. The molecule has 9 heteroatoms. The number of rotatable bonds is 3. The number of nitrogens with zero attached hydrogens (tertiary/aromatic N) is 4. The van der Waals surface area contributed by atoms with Crippen molar-refractivity contribution < 1.29 is 12.9 Å². The lowest BCUT2D eigenvalue weighted by molar-refractivity contribution is 0.501. The minimum Gasteiger partial charge on any atom is -0.445 e. The number of imidazole rings is 1. The van der Waals surface area contributed by atoms with Gasteiger partial charge in [0, 0.05) is 0 Å². The van der Waals surface area contributed by atoms with Crippen molar-refractivity contribution in [2.75, 3.05) is 0 Å². The van der Waals surface area contributed by atoms with Crippen LogP contribution in [0.1, 0.15) is 5.56 Å². The van der Waals surface area contributed by atoms with Crippen LogP contribution in [0.2, 0.25) is 5.15 Å². The Bertz CT molecular complexity index is 785. The highest BCUT2D eigenvalue weighted by Crippen LogP contribution is 2.18. The van der Waals surface area contributed by atoms with Crippen molar-refractivity contribution in [1.29, 1.82) is 0 Å². The van der Waals surface area contributed by atoms with Gasteiger partial charge in [-0.25, -0.2) is 15.0 Å². The van der Waals surface area contributed by atoms with E-state index in [9.17, 15) is 12.9 Å². The van der Waals surface area contributed by atoms with E-state index in [2.05, 4.69) is 15.0 Å². The third kappa shape index (κ3) is 2.71. The molecular formula is C12H8BClF3N4-. The van der Waals surface area contributed by atoms with Crippen molar-refractivity contribution in [3.63, 3.8) is 0 Å². The highest BCUT2D eigenvalue weighted by Gasteiger charge is 2.24. The van der Waals surface area contributed by atoms with E-state index >= 15 is 0 Å². The third-order valence-electron chi connectivity index (χ3n) is 3.07. The molecule has 0 amide bonds. The van der Waals surface area contributed by atoms with Gasteiger partial charge in [-0.05, 0) is 5.56 Å². The zero-order chi connectivity index (χ0) is 15.0. The van der Waals surface area contributed by atoms with Crippen molar-refractivity contribution in [3.8, 4) is 0 Å². The summed E-state index contributed by atoms with van der Waals surface area (Å²) in [4.78, 5) is 12.0. The van der Waals surface area contributed by atoms with Crippen LogP contribution in [-0.2, 0) is 6.54 Å². The maximum Gasteiger partial charge on any atom is 0.509 e. The average Bonchev–Trinajstić information content (AvgIpc) is 2.83. The molecule has 0 saturated heterocycles. The Morgan fingerprint density at radius 2 is 1.76 bits per heavy atom. The molecule has 0 unspecified atom stereocenters. The maximum atomic E-state index is 12.6. The summed E-state index contributed by atoms with van der Waals surface area (Å²) in [5, 5.41) is 0.244. The fourth-order valence-electron chi connectivity index (χ4n) is 2.01. The zero-order valence-corrected chi connectivity index (χ0v) is 11.3. The molecule has 4 nitrogen and oxygen atoms in total. The van der Waals surface area contributed by atoms with E-state index in [1.165, 1.54) is 24.8 Å². The van der Waals surface area contributed by atoms with Gasteiger partial charge in [0.2, 0.25) is 0 Å². The Morgan fingerprint density at radius 1 is 1.05 bits per heavy atom. The summed E-state index contributed by atoms with van der Waals surface area (Å²) in [6.45, 7) is -4.61. The molecule has 2 heterocycles. The first-order chi connectivity index (χ1) is 9.95. The number of hydrogen-bond acceptors (Lipinski definition) is 3. The Labute approximate surface area is 122 Å². The quantitative estimate of drug-likeness (QED) is 0.551. The fraction of sp³-hybridized carbons (Fsp3) is 0.0833. The van der Waals surface area contributed by atoms with Crippen LogP contribution in [0.5, 0.6) is 0 Å². The van der Waals surface area contributed by atoms with Gasteiger partial charge >= 0.3 is 6.98 Å². The van der Waals surface area contributed by atoms with Gasteiger partial charge in [-0.3, -0.25) is 0 Å². The molecule has 0 aliphatic heterocycles. The van der Waals surface area contributed by atoms with E-state index in [0.29, 0.717) is 23.3 Å². The van der Waals surface area contributed by atoms with Crippen LogP contribution in [-0.4, -0.2) is 26.5 Å². The summed E-state index contributed by atoms with van der Waals surface area (Å²) in [6, 6.07) is 5.05. The highest BCUT2D eigenvalue weighted by molar-refractivity contribution is 6.73. The highest BCUT2D eigenvalue weighted by atomic mass is 35.5. The van der Waals surface area contributed by atoms with Gasteiger partial charge in [0.25, 0.3) is 0 Å². The molecule has 3 rings (SSSR count). The van der Waals surface area contributed by atoms with Crippen LogP contribution in [0, 0.1) is 0 Å². The van der Waals surface area contributed by atoms with Crippen molar-refractivity contribution in [1.82, 2.24) is 19.5 Å². The van der Waals surface area contributed by atoms with Crippen LogP contribution in [0.15, 0.2) is 36.9 Å². The minimum atomic E-state index is -4.97. The predicted octanol–water partition coefficient (Wildman–Crippen LogP) is 2.58. The van der Waals surface area contributed by atoms with E-state index in [-0.39, 0.29) is 5.15 Å². The van der Waals surface area contributed by atoms with Crippen LogP contribution in [0.3, 0.4) is 0 Å². The number of benzene rings is 1. The lowest BCUT2D eigenvalue weighted by Gasteiger charge is -2.15. The number of aromatic nitrogens is 4. The molecule has 3 aromatic rings. The molecule has 1 aromatic carbocycles. The molecule has 0 N–H and O–H groups in total. The summed E-state index contributed by atoms with van der Waals surface area (Å²) >= 11 is 5.89. The van der Waals surface area contributed by atoms with Gasteiger partial charge in [-0.15, -0.1) is 5.46 Å². The van der Waals surface area contributed by atoms with E-state index in [0.717, 1.165) is 12.1 Å². The maximum absolute atomic E-state index is 12.6. The molecule has 0 saturated carbocycles. The van der Waals surface area contributed by atoms with Crippen molar-refractivity contribution >= 4 is 35.2 Å². The fourth-order valence-corrected chi connectivity index (χ4v) is 2.18. The zero-order valence-electron chi connectivity index (χ0n) is 10.5. The molecule has 2 aromatic heterocycles. The van der Waals surface area contributed by atoms with E-state index < -0.39 is 12.4 Å². The third-order valence-corrected chi connectivity index (χ3v) is 3.34. The molecule has 0 fully saturated rings. The predicted molar refractivity (Wildman–Crippen MR) is 74.6 cm³/mol. The second kappa shape index (κ2) is 5.03. The van der Waals surface area contributed by atoms with Gasteiger partial charge < -0.3 is 17.5 Å². The normalized spacial score (nSPS) is 12.0. The monoisotopic (exact) mass is 311 g/mol. The molecular weight excluding hydrogens is 303 g/mol. The molecule has 108 valence electrons. The summed E-state index contributed by atoms with van der Waals surface area (Å²) in [7, 11) is 0. The molecule has 0 spiro atoms. The van der Waals surface area contributed by atoms with Gasteiger partial charge in [0.1, 0.15) is 11.8 Å². The first-order valence-corrected chi connectivity index (χ1v) is 6.43. The van der Waals surface area contributed by atoms with Gasteiger partial charge in [-0.2, -0.15) is 0 Å². The Hall–Kier alpha value is -2.09. The van der Waals surface area contributed by atoms with Crippen LogP contribution in [0.25, 0.3) is 11.2 Å². The lowest BCUT2D eigenvalue weighted by atomic mass is 9.80. The molecule has 0 aliphatic carbocycles. The van der Waals surface area contributed by atoms with Gasteiger partial charge in [0.05, 0.1) is 12.9 Å². The summed E-state index contributed by atoms with van der Waals surface area (Å²) in [5.74, 6) is 0. The standard InChI is InChI=1S/C12H8BClF3N4/c14-11-10-12(19-6-18-11)21(7-20-10)5-8-1-3-9(4-2-8)13(15,16)17/h1-4,6-7H,5H2/q-1. The largest absolute Gasteiger partial charge is 0.509 e. The van der Waals surface area contributed by atoms with E-state index in [4.69, 9.17) is 11.6 Å². The molecule has 0 bridgehead atoms. The topological polar surface area (TPSA) is 43.6 Å². The van der Waals surface area contributed by atoms with Crippen molar-refractivity contribution in [3.05, 3.63) is 47.6 Å². The second-order valence-electron chi connectivity index (χ2n) is 4.53. The van der Waals surface area contributed by atoms with Crippen molar-refractivity contribution in [2.45, 2.75) is 6.54 Å². The molecule has 21 heavy (non-hydrogen) atoms. The van der Waals surface area contributed by atoms with E-state index in [1.807, 2.05) is 0 Å². The first kappa shape index (κ1) is 13.9. The number of fused-ring (bicyclic) bond motifs is 1. The number of hydrogen-bond donors (Lipinski definition) is 0. The van der Waals surface area contributed by atoms with Crippen molar-refractivity contribution in [2.24, 2.45) is 0 Å². The molecule has 0 atom stereocenters. The van der Waals surface area contributed by atoms with Gasteiger partial charge in [-0.1, -0.05) is 35.9 Å². The Balaban J connectivity index is 1.90. The first-order valence-electron chi connectivity index (χ1n) is 6.05. The van der Waals surface area contributed by atoms with Gasteiger partial charge in [0.15, 0.2) is 10.8 Å². The summed E-state index contributed by atoms with van der Waals surface area (Å²) in [6.07, 6.45) is 2.85. The summed E-state index contributed by atoms with van der Waals surface area (Å²) < 4.78 is 39.4. The van der Waals surface area contributed by atoms with Crippen LogP contribution < -0.4 is 5.46 Å². The van der Waals surface area contributed by atoms with Crippen LogP contribution >= 0.6 is 11.6 Å². The minimum absolute atomic E-state index is 0.244. The lowest BCUT2D eigenvalue weighted by Crippen LogP contribution is -2.33. The molecule has 0 radical (unpaired) electrons. The van der Waals surface area contributed by atoms with Crippen LogP contribution in [0.4, 0.5) is 12.9 Å². The average molecular weight is 311 g/mol. The smallest absolute Gasteiger partial charge is 0.445 e. The molecule has 0 aliphatic rings. The Kier molecular flexibility index (Phi) is 3.33. The van der Waals surface area contributed by atoms with E-state index in [1.54, 1.807) is 4.57 Å². The number of halogens is 4. The summed E-state index contributed by atoms with van der Waals surface area (Å²) in [5.41, 5.74) is 1.11. The Morgan fingerprint density at radius 3 is 2.43 bits per heavy atom. The SMILES string of the molecule is F[B-](F)(F)c1ccc(Cn2cnc3c(Cl)ncnc32)cc1.